The lowest BCUT2D eigenvalue weighted by atomic mass is 9.86. The highest BCUT2D eigenvalue weighted by molar-refractivity contribution is 6.35. The smallest absolute Gasteiger partial charge is 0.261 e. The van der Waals surface area contributed by atoms with Gasteiger partial charge in [-0.05, 0) is 47.6 Å². The molecule has 0 aliphatic rings. The summed E-state index contributed by atoms with van der Waals surface area (Å²) in [5, 5.41) is 3.85. The van der Waals surface area contributed by atoms with E-state index in [1.165, 1.54) is 4.90 Å². The van der Waals surface area contributed by atoms with Gasteiger partial charge in [0.05, 0.1) is 0 Å². The number of nitrogens with zero attached hydrogens (tertiary/aromatic N) is 1. The van der Waals surface area contributed by atoms with Gasteiger partial charge in [-0.3, -0.25) is 9.59 Å². The Labute approximate surface area is 207 Å². The monoisotopic (exact) mass is 492 g/mol. The van der Waals surface area contributed by atoms with E-state index in [-0.39, 0.29) is 30.4 Å². The second-order valence-electron chi connectivity index (χ2n) is 9.61. The van der Waals surface area contributed by atoms with Gasteiger partial charge < -0.3 is 15.0 Å². The van der Waals surface area contributed by atoms with Crippen LogP contribution in [-0.4, -0.2) is 35.9 Å². The van der Waals surface area contributed by atoms with Crippen LogP contribution in [0.4, 0.5) is 0 Å². The van der Waals surface area contributed by atoms with Crippen LogP contribution in [0.25, 0.3) is 0 Å². The number of amides is 2. The van der Waals surface area contributed by atoms with Gasteiger partial charge in [0, 0.05) is 23.1 Å². The van der Waals surface area contributed by atoms with E-state index in [1.54, 1.807) is 25.1 Å². The number of hydrogen-bond donors (Lipinski definition) is 1. The van der Waals surface area contributed by atoms with Gasteiger partial charge in [-0.25, -0.2) is 0 Å². The Morgan fingerprint density at radius 3 is 2.33 bits per heavy atom. The van der Waals surface area contributed by atoms with E-state index in [0.717, 1.165) is 5.56 Å². The van der Waals surface area contributed by atoms with Crippen molar-refractivity contribution in [2.24, 2.45) is 5.92 Å². The summed E-state index contributed by atoms with van der Waals surface area (Å²) >= 11 is 12.4. The van der Waals surface area contributed by atoms with Crippen molar-refractivity contribution in [2.45, 2.75) is 59.5 Å². The van der Waals surface area contributed by atoms with E-state index in [2.05, 4.69) is 26.1 Å². The van der Waals surface area contributed by atoms with Crippen molar-refractivity contribution in [3.63, 3.8) is 0 Å². The first-order chi connectivity index (χ1) is 15.4. The van der Waals surface area contributed by atoms with Gasteiger partial charge in [-0.2, -0.15) is 0 Å². The highest BCUT2D eigenvalue weighted by atomic mass is 35.5. The molecule has 1 unspecified atom stereocenters. The van der Waals surface area contributed by atoms with Gasteiger partial charge in [0.25, 0.3) is 5.91 Å². The Morgan fingerprint density at radius 2 is 1.73 bits per heavy atom. The lowest BCUT2D eigenvalue weighted by molar-refractivity contribution is -0.142. The first kappa shape index (κ1) is 27.0. The number of nitrogens with one attached hydrogen (secondary N) is 1. The van der Waals surface area contributed by atoms with Crippen molar-refractivity contribution >= 4 is 35.0 Å². The molecule has 5 nitrogen and oxygen atoms in total. The largest absolute Gasteiger partial charge is 0.483 e. The molecule has 2 aromatic rings. The summed E-state index contributed by atoms with van der Waals surface area (Å²) in [6.07, 6.45) is 0. The molecule has 0 saturated heterocycles. The van der Waals surface area contributed by atoms with Gasteiger partial charge in [-0.1, -0.05) is 82.1 Å². The van der Waals surface area contributed by atoms with Crippen molar-refractivity contribution < 1.29 is 14.3 Å². The highest BCUT2D eigenvalue weighted by Gasteiger charge is 2.28. The number of carbonyl (C=O) groups excluding carboxylic acids is 2. The van der Waals surface area contributed by atoms with E-state index >= 15 is 0 Å². The van der Waals surface area contributed by atoms with Gasteiger partial charge in [0.2, 0.25) is 5.91 Å². The van der Waals surface area contributed by atoms with Gasteiger partial charge in [0.1, 0.15) is 11.8 Å². The molecule has 0 bridgehead atoms. The normalized spacial score (nSPS) is 12.4. The maximum Gasteiger partial charge on any atom is 0.261 e. The number of rotatable bonds is 9. The van der Waals surface area contributed by atoms with Crippen molar-refractivity contribution in [3.8, 4) is 5.75 Å². The van der Waals surface area contributed by atoms with Crippen LogP contribution < -0.4 is 10.1 Å². The number of hydrogen-bond acceptors (Lipinski definition) is 3. The minimum Gasteiger partial charge on any atom is -0.483 e. The fraction of sp³-hybridized carbons (Fsp3) is 0.462. The molecule has 0 spiro atoms. The Kier molecular flexibility index (Phi) is 9.62. The SMILES string of the molecule is CC(C)CNC(=O)C(C)N(Cc1ccc(Cl)cc1Cl)C(=O)COc1ccccc1C(C)(C)C. The third-order valence-electron chi connectivity index (χ3n) is 5.25. The molecule has 2 rings (SSSR count). The summed E-state index contributed by atoms with van der Waals surface area (Å²) < 4.78 is 5.94. The van der Waals surface area contributed by atoms with Crippen LogP contribution in [0.2, 0.25) is 10.0 Å². The summed E-state index contributed by atoms with van der Waals surface area (Å²) in [6, 6.07) is 12.1. The molecular formula is C26H34Cl2N2O3. The summed E-state index contributed by atoms with van der Waals surface area (Å²) in [6.45, 7) is 12.5. The van der Waals surface area contributed by atoms with Crippen molar-refractivity contribution in [2.75, 3.05) is 13.2 Å². The maximum atomic E-state index is 13.3. The number of carbonyl (C=O) groups is 2. The molecule has 180 valence electrons. The number of ether oxygens (including phenoxy) is 1. The molecule has 2 amide bonds. The first-order valence-corrected chi connectivity index (χ1v) is 11.9. The zero-order chi connectivity index (χ0) is 24.8. The van der Waals surface area contributed by atoms with Crippen LogP contribution in [0.3, 0.4) is 0 Å². The standard InChI is InChI=1S/C26H34Cl2N2O3/c1-17(2)14-29-25(32)18(3)30(15-19-11-12-20(27)13-22(19)28)24(31)16-33-23-10-8-7-9-21(23)26(4,5)6/h7-13,17-18H,14-16H2,1-6H3,(H,29,32). The van der Waals surface area contributed by atoms with Crippen LogP contribution in [-0.2, 0) is 21.5 Å². The molecule has 7 heteroatoms. The number of halogens is 2. The molecule has 1 N–H and O–H groups in total. The van der Waals surface area contributed by atoms with Crippen LogP contribution in [0.1, 0.15) is 52.7 Å². The van der Waals surface area contributed by atoms with Gasteiger partial charge in [0.15, 0.2) is 6.61 Å². The molecule has 0 heterocycles. The van der Waals surface area contributed by atoms with Crippen molar-refractivity contribution in [1.82, 2.24) is 10.2 Å². The third-order valence-corrected chi connectivity index (χ3v) is 5.84. The van der Waals surface area contributed by atoms with Crippen LogP contribution in [0.15, 0.2) is 42.5 Å². The summed E-state index contributed by atoms with van der Waals surface area (Å²) in [5.41, 5.74) is 1.57. The fourth-order valence-corrected chi connectivity index (χ4v) is 3.77. The molecule has 0 aliphatic carbocycles. The van der Waals surface area contributed by atoms with E-state index in [9.17, 15) is 9.59 Å². The topological polar surface area (TPSA) is 58.6 Å². The van der Waals surface area contributed by atoms with Crippen LogP contribution >= 0.6 is 23.2 Å². The zero-order valence-electron chi connectivity index (χ0n) is 20.2. The van der Waals surface area contributed by atoms with Crippen molar-refractivity contribution in [1.29, 1.82) is 0 Å². The van der Waals surface area contributed by atoms with E-state index in [4.69, 9.17) is 27.9 Å². The van der Waals surface area contributed by atoms with Crippen LogP contribution in [0.5, 0.6) is 5.75 Å². The second kappa shape index (κ2) is 11.8. The Balaban J connectivity index is 2.25. The van der Waals surface area contributed by atoms with Gasteiger partial charge >= 0.3 is 0 Å². The molecule has 1 atom stereocenters. The highest BCUT2D eigenvalue weighted by Crippen LogP contribution is 2.31. The minimum absolute atomic E-state index is 0.139. The van der Waals surface area contributed by atoms with E-state index < -0.39 is 6.04 Å². The number of para-hydroxylation sites is 1. The molecule has 33 heavy (non-hydrogen) atoms. The number of benzene rings is 2. The average molecular weight is 493 g/mol. The second-order valence-corrected chi connectivity index (χ2v) is 10.5. The molecule has 2 aromatic carbocycles. The predicted molar refractivity (Wildman–Crippen MR) is 135 cm³/mol. The fourth-order valence-electron chi connectivity index (χ4n) is 3.30. The van der Waals surface area contributed by atoms with Crippen molar-refractivity contribution in [3.05, 3.63) is 63.6 Å². The molecule has 0 saturated carbocycles. The maximum absolute atomic E-state index is 13.3. The quantitative estimate of drug-likeness (QED) is 0.476. The van der Waals surface area contributed by atoms with Gasteiger partial charge in [-0.15, -0.1) is 0 Å². The van der Waals surface area contributed by atoms with E-state index in [0.29, 0.717) is 33.8 Å². The first-order valence-electron chi connectivity index (χ1n) is 11.1. The average Bonchev–Trinajstić information content (AvgIpc) is 2.74. The lowest BCUT2D eigenvalue weighted by Crippen LogP contribution is -2.49. The molecule has 0 fully saturated rings. The molecule has 0 aliphatic heterocycles. The van der Waals surface area contributed by atoms with Crippen LogP contribution in [0, 0.1) is 5.92 Å². The Hall–Kier alpha value is -2.24. The summed E-state index contributed by atoms with van der Waals surface area (Å²) in [5.74, 6) is 0.419. The molecule has 0 aromatic heterocycles. The Morgan fingerprint density at radius 1 is 1.06 bits per heavy atom. The molecule has 0 radical (unpaired) electrons. The van der Waals surface area contributed by atoms with E-state index in [1.807, 2.05) is 38.1 Å². The Bertz CT molecular complexity index is 970. The summed E-state index contributed by atoms with van der Waals surface area (Å²) in [4.78, 5) is 27.6. The summed E-state index contributed by atoms with van der Waals surface area (Å²) in [7, 11) is 0. The third kappa shape index (κ3) is 7.94. The molecular weight excluding hydrogens is 459 g/mol. The predicted octanol–water partition coefficient (Wildman–Crippen LogP) is 5.86. The zero-order valence-corrected chi connectivity index (χ0v) is 21.8. The minimum atomic E-state index is -0.704. The lowest BCUT2D eigenvalue weighted by Gasteiger charge is -2.30.